The van der Waals surface area contributed by atoms with E-state index in [9.17, 15) is 4.39 Å². The van der Waals surface area contributed by atoms with Crippen molar-refractivity contribution in [2.24, 2.45) is 0 Å². The lowest BCUT2D eigenvalue weighted by Crippen LogP contribution is -2.27. The second-order valence-corrected chi connectivity index (χ2v) is 4.55. The zero-order chi connectivity index (χ0) is 13.7. The monoisotopic (exact) mass is 262 g/mol. The van der Waals surface area contributed by atoms with Crippen molar-refractivity contribution in [1.82, 2.24) is 20.0 Å². The van der Waals surface area contributed by atoms with Crippen molar-refractivity contribution in [1.29, 1.82) is 0 Å². The van der Waals surface area contributed by atoms with Gasteiger partial charge in [0.2, 0.25) is 0 Å². The van der Waals surface area contributed by atoms with Gasteiger partial charge in [0.05, 0.1) is 11.4 Å². The van der Waals surface area contributed by atoms with E-state index in [1.54, 1.807) is 18.3 Å². The highest BCUT2D eigenvalue weighted by Gasteiger charge is 2.07. The Kier molecular flexibility index (Phi) is 4.65. The van der Waals surface area contributed by atoms with Gasteiger partial charge in [0.15, 0.2) is 0 Å². The van der Waals surface area contributed by atoms with Crippen LogP contribution in [0.5, 0.6) is 0 Å². The lowest BCUT2D eigenvalue weighted by Gasteiger charge is -2.17. The third-order valence-corrected chi connectivity index (χ3v) is 2.97. The van der Waals surface area contributed by atoms with Crippen molar-refractivity contribution in [3.05, 3.63) is 48.0 Å². The predicted octanol–water partition coefficient (Wildman–Crippen LogP) is 1.66. The topological polar surface area (TPSA) is 33.1 Å². The molecule has 0 aliphatic heterocycles. The fourth-order valence-electron chi connectivity index (χ4n) is 1.92. The van der Waals surface area contributed by atoms with Crippen LogP contribution in [0.3, 0.4) is 0 Å². The Hall–Kier alpha value is -1.72. The number of aromatic nitrogens is 2. The molecule has 0 bridgehead atoms. The van der Waals surface area contributed by atoms with E-state index in [1.807, 2.05) is 17.8 Å². The minimum absolute atomic E-state index is 0.233. The van der Waals surface area contributed by atoms with Crippen molar-refractivity contribution in [3.8, 4) is 5.69 Å². The first kappa shape index (κ1) is 13.7. The van der Waals surface area contributed by atoms with E-state index in [2.05, 4.69) is 22.4 Å². The average Bonchev–Trinajstić information content (AvgIpc) is 2.85. The van der Waals surface area contributed by atoms with Gasteiger partial charge in [-0.15, -0.1) is 0 Å². The molecule has 1 N–H and O–H groups in total. The Balaban J connectivity index is 2.11. The average molecular weight is 262 g/mol. The van der Waals surface area contributed by atoms with E-state index in [1.165, 1.54) is 12.1 Å². The minimum atomic E-state index is -0.233. The van der Waals surface area contributed by atoms with Gasteiger partial charge in [-0.05, 0) is 44.4 Å². The number of benzene rings is 1. The highest BCUT2D eigenvalue weighted by Crippen LogP contribution is 2.12. The molecule has 1 aromatic heterocycles. The Morgan fingerprint density at radius 2 is 2.00 bits per heavy atom. The van der Waals surface area contributed by atoms with Crippen LogP contribution in [0, 0.1) is 5.82 Å². The molecule has 0 fully saturated rings. The van der Waals surface area contributed by atoms with Crippen LogP contribution < -0.4 is 5.32 Å². The van der Waals surface area contributed by atoms with Crippen LogP contribution >= 0.6 is 0 Å². The number of nitrogens with zero attached hydrogens (tertiary/aromatic N) is 3. The molecule has 0 amide bonds. The van der Waals surface area contributed by atoms with Gasteiger partial charge in [-0.25, -0.2) is 9.07 Å². The van der Waals surface area contributed by atoms with E-state index < -0.39 is 0 Å². The summed E-state index contributed by atoms with van der Waals surface area (Å²) in [4.78, 5) is 2.22. The number of hydrogen-bond donors (Lipinski definition) is 1. The third-order valence-electron chi connectivity index (χ3n) is 2.97. The Morgan fingerprint density at radius 1 is 1.26 bits per heavy atom. The SMILES string of the molecule is CNCCN(C)Cc1ccnn1-c1ccc(F)cc1. The van der Waals surface area contributed by atoms with Crippen molar-refractivity contribution in [2.45, 2.75) is 6.54 Å². The van der Waals surface area contributed by atoms with Crippen LogP contribution in [0.4, 0.5) is 4.39 Å². The van der Waals surface area contributed by atoms with E-state index in [0.717, 1.165) is 31.0 Å². The van der Waals surface area contributed by atoms with Gasteiger partial charge in [0.1, 0.15) is 5.82 Å². The Morgan fingerprint density at radius 3 is 2.68 bits per heavy atom. The first-order chi connectivity index (χ1) is 9.20. The summed E-state index contributed by atoms with van der Waals surface area (Å²) in [5.41, 5.74) is 1.97. The molecular formula is C14H19FN4. The normalized spacial score (nSPS) is 11.2. The van der Waals surface area contributed by atoms with Crippen LogP contribution in [-0.2, 0) is 6.54 Å². The first-order valence-electron chi connectivity index (χ1n) is 6.32. The summed E-state index contributed by atoms with van der Waals surface area (Å²) in [6.45, 7) is 2.71. The van der Waals surface area contributed by atoms with Crippen molar-refractivity contribution < 1.29 is 4.39 Å². The maximum atomic E-state index is 12.9. The van der Waals surface area contributed by atoms with Crippen LogP contribution in [-0.4, -0.2) is 41.9 Å². The standard InChI is InChI=1S/C14H19FN4/c1-16-9-10-18(2)11-14-7-8-17-19(14)13-5-3-12(15)4-6-13/h3-8,16H,9-11H2,1-2H3. The van der Waals surface area contributed by atoms with Gasteiger partial charge in [0.25, 0.3) is 0 Å². The summed E-state index contributed by atoms with van der Waals surface area (Å²) in [6.07, 6.45) is 1.77. The highest BCUT2D eigenvalue weighted by molar-refractivity contribution is 5.32. The summed E-state index contributed by atoms with van der Waals surface area (Å²) in [5.74, 6) is -0.233. The fraction of sp³-hybridized carbons (Fsp3) is 0.357. The summed E-state index contributed by atoms with van der Waals surface area (Å²) < 4.78 is 14.8. The molecule has 2 aromatic rings. The van der Waals surface area contributed by atoms with Crippen molar-refractivity contribution in [2.75, 3.05) is 27.2 Å². The molecule has 2 rings (SSSR count). The molecule has 0 radical (unpaired) electrons. The molecule has 0 saturated carbocycles. The van der Waals surface area contributed by atoms with Crippen LogP contribution in [0.15, 0.2) is 36.5 Å². The molecular weight excluding hydrogens is 243 g/mol. The lowest BCUT2D eigenvalue weighted by atomic mass is 10.3. The second-order valence-electron chi connectivity index (χ2n) is 4.55. The predicted molar refractivity (Wildman–Crippen MR) is 73.8 cm³/mol. The molecule has 5 heteroatoms. The van der Waals surface area contributed by atoms with Crippen LogP contribution in [0.25, 0.3) is 5.69 Å². The molecule has 0 aliphatic carbocycles. The van der Waals surface area contributed by atoms with Crippen molar-refractivity contribution >= 4 is 0 Å². The molecule has 0 atom stereocenters. The lowest BCUT2D eigenvalue weighted by molar-refractivity contribution is 0.321. The number of likely N-dealkylation sites (N-methyl/N-ethyl adjacent to an activating group) is 2. The van der Waals surface area contributed by atoms with Gasteiger partial charge >= 0.3 is 0 Å². The van der Waals surface area contributed by atoms with E-state index in [0.29, 0.717) is 0 Å². The number of hydrogen-bond acceptors (Lipinski definition) is 3. The molecule has 0 saturated heterocycles. The van der Waals surface area contributed by atoms with Crippen molar-refractivity contribution in [3.63, 3.8) is 0 Å². The van der Waals surface area contributed by atoms with E-state index in [4.69, 9.17) is 0 Å². The quantitative estimate of drug-likeness (QED) is 0.859. The van der Waals surface area contributed by atoms with Crippen LogP contribution in [0.2, 0.25) is 0 Å². The third kappa shape index (κ3) is 3.62. The van der Waals surface area contributed by atoms with E-state index in [-0.39, 0.29) is 5.82 Å². The number of halogens is 1. The molecule has 0 spiro atoms. The van der Waals surface area contributed by atoms with E-state index >= 15 is 0 Å². The largest absolute Gasteiger partial charge is 0.318 e. The smallest absolute Gasteiger partial charge is 0.123 e. The highest BCUT2D eigenvalue weighted by atomic mass is 19.1. The zero-order valence-electron chi connectivity index (χ0n) is 11.3. The maximum Gasteiger partial charge on any atom is 0.123 e. The molecule has 102 valence electrons. The molecule has 0 aliphatic rings. The molecule has 19 heavy (non-hydrogen) atoms. The number of rotatable bonds is 6. The molecule has 1 aromatic carbocycles. The summed E-state index contributed by atoms with van der Waals surface area (Å²) in [6, 6.07) is 8.36. The van der Waals surface area contributed by atoms with Gasteiger partial charge < -0.3 is 5.32 Å². The fourth-order valence-corrected chi connectivity index (χ4v) is 1.92. The van der Waals surface area contributed by atoms with Gasteiger partial charge in [-0.1, -0.05) is 0 Å². The molecule has 1 heterocycles. The zero-order valence-corrected chi connectivity index (χ0v) is 11.3. The van der Waals surface area contributed by atoms with Crippen LogP contribution in [0.1, 0.15) is 5.69 Å². The van der Waals surface area contributed by atoms with Gasteiger partial charge in [0, 0.05) is 25.8 Å². The summed E-state index contributed by atoms with van der Waals surface area (Å²) in [7, 11) is 4.01. The maximum absolute atomic E-state index is 12.9. The minimum Gasteiger partial charge on any atom is -0.318 e. The number of nitrogens with one attached hydrogen (secondary N) is 1. The molecule has 0 unspecified atom stereocenters. The van der Waals surface area contributed by atoms with Gasteiger partial charge in [-0.2, -0.15) is 5.10 Å². The Bertz CT molecular complexity index is 506. The summed E-state index contributed by atoms with van der Waals surface area (Å²) in [5, 5.41) is 7.43. The first-order valence-corrected chi connectivity index (χ1v) is 6.32. The molecule has 4 nitrogen and oxygen atoms in total. The summed E-state index contributed by atoms with van der Waals surface area (Å²) >= 11 is 0. The second kappa shape index (κ2) is 6.45. The van der Waals surface area contributed by atoms with Gasteiger partial charge in [-0.3, -0.25) is 4.90 Å². The Labute approximate surface area is 112 Å².